The van der Waals surface area contributed by atoms with Crippen LogP contribution in [0, 0.1) is 17.7 Å². The third-order valence-electron chi connectivity index (χ3n) is 5.31. The van der Waals surface area contributed by atoms with Crippen LogP contribution >= 0.6 is 11.3 Å². The molecule has 0 radical (unpaired) electrons. The number of rotatable bonds is 7. The highest BCUT2D eigenvalue weighted by Crippen LogP contribution is 2.38. The summed E-state index contributed by atoms with van der Waals surface area (Å²) < 4.78 is 78.5. The first-order valence-electron chi connectivity index (χ1n) is 11.2. The first-order valence-corrected chi connectivity index (χ1v) is 13.0. The molecular formula is C25H18F4N5O4S2-. The van der Waals surface area contributed by atoms with Gasteiger partial charge in [-0.25, -0.2) is 18.4 Å². The van der Waals surface area contributed by atoms with Crippen LogP contribution in [-0.2, 0) is 21.7 Å². The molecule has 2 aromatic carbocycles. The lowest BCUT2D eigenvalue weighted by Gasteiger charge is -2.12. The number of carbonyl (C=O) groups excluding carboxylic acids is 1. The van der Waals surface area contributed by atoms with Crippen molar-refractivity contribution in [3.8, 4) is 23.0 Å². The topological polar surface area (TPSA) is 141 Å². The number of carbonyl (C=O) groups is 1. The van der Waals surface area contributed by atoms with Crippen molar-refractivity contribution in [3.63, 3.8) is 0 Å². The van der Waals surface area contributed by atoms with Crippen LogP contribution in [0.4, 0.5) is 39.5 Å². The number of nitrogens with one attached hydrogen (secondary N) is 3. The summed E-state index contributed by atoms with van der Waals surface area (Å²) in [6, 6.07) is 7.33. The van der Waals surface area contributed by atoms with E-state index in [4.69, 9.17) is 5.73 Å². The van der Waals surface area contributed by atoms with Gasteiger partial charge in [-0.3, -0.25) is 9.50 Å². The van der Waals surface area contributed by atoms with Crippen molar-refractivity contribution in [2.24, 2.45) is 0 Å². The van der Waals surface area contributed by atoms with Crippen LogP contribution in [0.5, 0.6) is 0 Å². The number of hydrogen-bond donors (Lipinski definition) is 4. The molecule has 0 aliphatic rings. The van der Waals surface area contributed by atoms with E-state index in [0.717, 1.165) is 15.8 Å². The van der Waals surface area contributed by atoms with E-state index in [1.807, 2.05) is 5.38 Å². The molecule has 2 heterocycles. The van der Waals surface area contributed by atoms with Gasteiger partial charge in [-0.1, -0.05) is 24.0 Å². The molecule has 5 N–H and O–H groups in total. The summed E-state index contributed by atoms with van der Waals surface area (Å²) in [7, 11) is 0. The zero-order valence-corrected chi connectivity index (χ0v) is 21.7. The smallest absolute Gasteiger partial charge is 0.416 e. The molecule has 4 rings (SSSR count). The fourth-order valence-corrected chi connectivity index (χ4v) is 4.76. The molecule has 40 heavy (non-hydrogen) atoms. The average Bonchev–Trinajstić information content (AvgIpc) is 3.34. The quantitative estimate of drug-likeness (QED) is 0.0773. The maximum atomic E-state index is 13.9. The lowest BCUT2D eigenvalue weighted by molar-refractivity contribution is -0.137. The summed E-state index contributed by atoms with van der Waals surface area (Å²) in [6.45, 7) is -0.0399. The van der Waals surface area contributed by atoms with Gasteiger partial charge in [0, 0.05) is 22.8 Å². The van der Waals surface area contributed by atoms with Gasteiger partial charge in [0.05, 0.1) is 39.4 Å². The Labute approximate surface area is 231 Å². The van der Waals surface area contributed by atoms with Crippen LogP contribution in [0.3, 0.4) is 0 Å². The summed E-state index contributed by atoms with van der Waals surface area (Å²) >= 11 is -1.22. The largest absolute Gasteiger partial charge is 0.750 e. The number of halogens is 4. The molecule has 2 aromatic heterocycles. The Balaban J connectivity index is 1.47. The standard InChI is InChI=1S/C25H19F4N5O4S2/c26-19-8-5-16(25(27,28)29)10-20(19)34-24(35)33-17-6-3-14(4-7-17)18-12-39-22-15(11-32-23(30)21(18)22)2-1-9-31-13-38-40(36)37/h3-8,10-12,31H,9,13H2,(H2,30,32)(H,36,37)(H2,33,34,35)/p-1. The minimum atomic E-state index is -4.69. The Bertz CT molecular complexity index is 1630. The van der Waals surface area contributed by atoms with E-state index in [1.54, 1.807) is 24.3 Å². The molecule has 15 heteroatoms. The average molecular weight is 593 g/mol. The number of urea groups is 1. The van der Waals surface area contributed by atoms with Crippen LogP contribution in [0.2, 0.25) is 0 Å². The van der Waals surface area contributed by atoms with E-state index in [-0.39, 0.29) is 19.1 Å². The SMILES string of the molecule is Nc1ncc(C#CCNCOS(=O)[O-])c2scc(-c3ccc(NC(=O)Nc4cc(C(F)(F)F)ccc4F)cc3)c12. The van der Waals surface area contributed by atoms with E-state index < -0.39 is 40.6 Å². The zero-order valence-electron chi connectivity index (χ0n) is 20.1. The van der Waals surface area contributed by atoms with Gasteiger partial charge < -0.3 is 20.9 Å². The van der Waals surface area contributed by atoms with Crippen molar-refractivity contribution < 1.29 is 35.3 Å². The minimum absolute atomic E-state index is 0.170. The molecule has 0 fully saturated rings. The molecule has 9 nitrogen and oxygen atoms in total. The summed E-state index contributed by atoms with van der Waals surface area (Å²) in [5.74, 6) is 5.08. The van der Waals surface area contributed by atoms with Crippen LogP contribution in [0.15, 0.2) is 54.0 Å². The number of fused-ring (bicyclic) bond motifs is 1. The number of thiophene rings is 1. The lowest BCUT2D eigenvalue weighted by Crippen LogP contribution is -2.20. The molecule has 208 valence electrons. The van der Waals surface area contributed by atoms with Crippen molar-refractivity contribution in [2.45, 2.75) is 6.18 Å². The van der Waals surface area contributed by atoms with E-state index in [2.05, 4.69) is 37.0 Å². The van der Waals surface area contributed by atoms with Gasteiger partial charge in [0.1, 0.15) is 18.4 Å². The number of pyridine rings is 1. The second-order valence-electron chi connectivity index (χ2n) is 7.95. The van der Waals surface area contributed by atoms with Gasteiger partial charge in [-0.15, -0.1) is 11.3 Å². The van der Waals surface area contributed by atoms with Gasteiger partial charge in [-0.2, -0.15) is 13.2 Å². The maximum Gasteiger partial charge on any atom is 0.416 e. The van der Waals surface area contributed by atoms with Gasteiger partial charge in [0.15, 0.2) is 0 Å². The van der Waals surface area contributed by atoms with E-state index in [0.29, 0.717) is 34.8 Å². The molecule has 2 amide bonds. The van der Waals surface area contributed by atoms with E-state index in [9.17, 15) is 31.1 Å². The fraction of sp³-hybridized carbons (Fsp3) is 0.120. The van der Waals surface area contributed by atoms with Gasteiger partial charge >= 0.3 is 12.2 Å². The molecule has 0 bridgehead atoms. The predicted molar refractivity (Wildman–Crippen MR) is 143 cm³/mol. The molecule has 0 saturated carbocycles. The van der Waals surface area contributed by atoms with Crippen molar-refractivity contribution in [2.75, 3.05) is 29.6 Å². The number of nitrogens with two attached hydrogens (primary N) is 1. The number of amides is 2. The highest BCUT2D eigenvalue weighted by atomic mass is 32.2. The van der Waals surface area contributed by atoms with Crippen LogP contribution in [-0.4, -0.2) is 33.1 Å². The van der Waals surface area contributed by atoms with Crippen molar-refractivity contribution in [1.29, 1.82) is 0 Å². The van der Waals surface area contributed by atoms with Gasteiger partial charge in [-0.05, 0) is 41.3 Å². The monoisotopic (exact) mass is 592 g/mol. The third kappa shape index (κ3) is 7.11. The number of anilines is 3. The maximum absolute atomic E-state index is 13.9. The van der Waals surface area contributed by atoms with Gasteiger partial charge in [0.2, 0.25) is 0 Å². The summed E-state index contributed by atoms with van der Waals surface area (Å²) in [5.41, 5.74) is 6.86. The summed E-state index contributed by atoms with van der Waals surface area (Å²) in [4.78, 5) is 16.5. The molecule has 1 unspecified atom stereocenters. The normalized spacial score (nSPS) is 12.0. The van der Waals surface area contributed by atoms with E-state index in [1.165, 1.54) is 17.5 Å². The molecule has 0 spiro atoms. The first kappa shape index (κ1) is 28.9. The summed E-state index contributed by atoms with van der Waals surface area (Å²) in [5, 5.41) is 9.77. The van der Waals surface area contributed by atoms with E-state index >= 15 is 0 Å². The van der Waals surface area contributed by atoms with Crippen molar-refractivity contribution in [3.05, 3.63) is 71.0 Å². The number of benzene rings is 2. The first-order chi connectivity index (χ1) is 19.0. The third-order valence-corrected chi connectivity index (χ3v) is 6.64. The van der Waals surface area contributed by atoms with Crippen LogP contribution < -0.4 is 21.7 Å². The zero-order chi connectivity index (χ0) is 28.9. The second-order valence-corrected chi connectivity index (χ2v) is 9.48. The van der Waals surface area contributed by atoms with Crippen molar-refractivity contribution >= 4 is 56.0 Å². The Morgan fingerprint density at radius 1 is 1.18 bits per heavy atom. The molecule has 0 aliphatic carbocycles. The number of aromatic nitrogens is 1. The van der Waals surface area contributed by atoms with Gasteiger partial charge in [0.25, 0.3) is 0 Å². The molecule has 1 atom stereocenters. The Morgan fingerprint density at radius 3 is 2.62 bits per heavy atom. The van der Waals surface area contributed by atoms with Crippen LogP contribution in [0.25, 0.3) is 21.2 Å². The highest BCUT2D eigenvalue weighted by molar-refractivity contribution is 7.74. The number of nitrogen functional groups attached to an aromatic ring is 1. The van der Waals surface area contributed by atoms with Crippen LogP contribution in [0.1, 0.15) is 11.1 Å². The molecule has 4 aromatic rings. The lowest BCUT2D eigenvalue weighted by atomic mass is 10.0. The highest BCUT2D eigenvalue weighted by Gasteiger charge is 2.31. The Kier molecular flexibility index (Phi) is 8.97. The van der Waals surface area contributed by atoms with Crippen molar-refractivity contribution in [1.82, 2.24) is 10.3 Å². The second kappa shape index (κ2) is 12.4. The molecule has 0 aliphatic heterocycles. The Morgan fingerprint density at radius 2 is 1.93 bits per heavy atom. The fourth-order valence-electron chi connectivity index (χ4n) is 3.53. The number of hydrogen-bond acceptors (Lipinski definition) is 8. The summed E-state index contributed by atoms with van der Waals surface area (Å²) in [6.07, 6.45) is -3.16. The predicted octanol–water partition coefficient (Wildman–Crippen LogP) is 5.06. The molecular weight excluding hydrogens is 574 g/mol. The Hall–Kier alpha value is -4.07. The number of alkyl halides is 3. The number of nitrogens with zero attached hydrogens (tertiary/aromatic N) is 1. The molecule has 0 saturated heterocycles. The minimum Gasteiger partial charge on any atom is -0.750 e.